The first-order chi connectivity index (χ1) is 16.2. The summed E-state index contributed by atoms with van der Waals surface area (Å²) in [5.41, 5.74) is 3.33. The standard InChI is InChI=1S/C19H29ClOS.C10H13ClOS/c1-19(2,3)15-11-14(18(21)17(20)12-15)13-22-16-9-7-5-4-6-8-10-16;1-10(2,3)6-4-7(11)9(12)8(13)5-6/h11-12,16,21H,4-10,13H2,1-3H3;4-5,12-13H,1-3H3. The monoisotopic (exact) mass is 556 g/mol. The summed E-state index contributed by atoms with van der Waals surface area (Å²) in [5, 5.41) is 21.2. The molecular weight excluding hydrogens is 515 g/mol. The number of phenols is 2. The second-order valence-electron chi connectivity index (χ2n) is 11.6. The Balaban J connectivity index is 0.000000283. The van der Waals surface area contributed by atoms with Crippen LogP contribution in [0.2, 0.25) is 10.0 Å². The van der Waals surface area contributed by atoms with Crippen LogP contribution in [0, 0.1) is 0 Å². The molecule has 0 saturated heterocycles. The van der Waals surface area contributed by atoms with E-state index in [9.17, 15) is 10.2 Å². The maximum atomic E-state index is 10.3. The summed E-state index contributed by atoms with van der Waals surface area (Å²) < 4.78 is 0. The quantitative estimate of drug-likeness (QED) is 0.329. The Morgan fingerprint density at radius 2 is 1.23 bits per heavy atom. The van der Waals surface area contributed by atoms with Gasteiger partial charge in [0.25, 0.3) is 0 Å². The van der Waals surface area contributed by atoms with E-state index in [2.05, 4.69) is 60.2 Å². The molecule has 2 nitrogen and oxygen atoms in total. The minimum Gasteiger partial charge on any atom is -0.506 e. The fourth-order valence-electron chi connectivity index (χ4n) is 4.01. The van der Waals surface area contributed by atoms with Crippen molar-refractivity contribution >= 4 is 47.6 Å². The van der Waals surface area contributed by atoms with Gasteiger partial charge in [0, 0.05) is 21.5 Å². The van der Waals surface area contributed by atoms with Gasteiger partial charge >= 0.3 is 0 Å². The third kappa shape index (κ3) is 9.61. The summed E-state index contributed by atoms with van der Waals surface area (Å²) in [7, 11) is 0. The van der Waals surface area contributed by atoms with E-state index in [1.165, 1.54) is 50.5 Å². The van der Waals surface area contributed by atoms with Crippen molar-refractivity contribution in [3.63, 3.8) is 0 Å². The van der Waals surface area contributed by atoms with Crippen LogP contribution in [0.25, 0.3) is 0 Å². The van der Waals surface area contributed by atoms with Gasteiger partial charge in [0.2, 0.25) is 0 Å². The van der Waals surface area contributed by atoms with Gasteiger partial charge in [0.15, 0.2) is 0 Å². The zero-order valence-corrected chi connectivity index (χ0v) is 25.3. The van der Waals surface area contributed by atoms with E-state index in [0.29, 0.717) is 14.9 Å². The lowest BCUT2D eigenvalue weighted by atomic mass is 9.86. The molecule has 0 atom stereocenters. The van der Waals surface area contributed by atoms with Gasteiger partial charge in [-0.2, -0.15) is 11.8 Å². The molecule has 1 aliphatic carbocycles. The number of halogens is 2. The van der Waals surface area contributed by atoms with Crippen LogP contribution in [0.4, 0.5) is 0 Å². The topological polar surface area (TPSA) is 40.5 Å². The maximum Gasteiger partial charge on any atom is 0.147 e. The number of hydrogen-bond donors (Lipinski definition) is 3. The number of benzene rings is 2. The SMILES string of the molecule is CC(C)(C)c1cc(Cl)c(O)c(CSC2CCCCCCC2)c1.CC(C)(C)c1cc(S)c(O)c(Cl)c1. The summed E-state index contributed by atoms with van der Waals surface area (Å²) in [4.78, 5) is 0.525. The van der Waals surface area contributed by atoms with E-state index < -0.39 is 0 Å². The molecule has 0 spiro atoms. The van der Waals surface area contributed by atoms with Crippen LogP contribution in [-0.2, 0) is 16.6 Å². The second-order valence-corrected chi connectivity index (χ2v) is 14.2. The van der Waals surface area contributed by atoms with E-state index in [0.717, 1.165) is 22.1 Å². The van der Waals surface area contributed by atoms with Gasteiger partial charge in [-0.3, -0.25) is 0 Å². The van der Waals surface area contributed by atoms with Gasteiger partial charge in [0.05, 0.1) is 10.0 Å². The number of aromatic hydroxyl groups is 2. The molecule has 6 heteroatoms. The molecule has 0 heterocycles. The van der Waals surface area contributed by atoms with Crippen molar-refractivity contribution in [2.75, 3.05) is 0 Å². The highest BCUT2D eigenvalue weighted by Gasteiger charge is 2.20. The molecule has 35 heavy (non-hydrogen) atoms. The average Bonchev–Trinajstić information content (AvgIpc) is 2.72. The molecule has 0 unspecified atom stereocenters. The largest absolute Gasteiger partial charge is 0.506 e. The van der Waals surface area contributed by atoms with Crippen LogP contribution in [0.3, 0.4) is 0 Å². The summed E-state index contributed by atoms with van der Waals surface area (Å²) in [6, 6.07) is 7.65. The molecule has 3 rings (SSSR count). The molecule has 0 aliphatic heterocycles. The van der Waals surface area contributed by atoms with E-state index in [-0.39, 0.29) is 22.3 Å². The van der Waals surface area contributed by atoms with Crippen molar-refractivity contribution in [2.45, 2.75) is 113 Å². The van der Waals surface area contributed by atoms with Gasteiger partial charge in [-0.05, 0) is 53.0 Å². The van der Waals surface area contributed by atoms with Gasteiger partial charge in [0.1, 0.15) is 11.5 Å². The van der Waals surface area contributed by atoms with Gasteiger partial charge < -0.3 is 10.2 Å². The summed E-state index contributed by atoms with van der Waals surface area (Å²) in [6.07, 6.45) is 9.51. The summed E-state index contributed by atoms with van der Waals surface area (Å²) in [5.74, 6) is 1.19. The van der Waals surface area contributed by atoms with E-state index >= 15 is 0 Å². The average molecular weight is 558 g/mol. The highest BCUT2D eigenvalue weighted by Crippen LogP contribution is 2.38. The minimum atomic E-state index is 0.0226. The molecule has 0 bridgehead atoms. The third-order valence-electron chi connectivity index (χ3n) is 6.44. The lowest BCUT2D eigenvalue weighted by Gasteiger charge is -2.22. The molecule has 1 fully saturated rings. The molecule has 196 valence electrons. The Labute approximate surface area is 232 Å². The van der Waals surface area contributed by atoms with Crippen LogP contribution >= 0.6 is 47.6 Å². The van der Waals surface area contributed by atoms with Gasteiger partial charge in [-0.1, -0.05) is 103 Å². The Bertz CT molecular complexity index is 947. The van der Waals surface area contributed by atoms with Crippen LogP contribution in [0.15, 0.2) is 29.2 Å². The fourth-order valence-corrected chi connectivity index (χ4v) is 6.10. The Morgan fingerprint density at radius 3 is 1.71 bits per heavy atom. The number of thiol groups is 1. The van der Waals surface area contributed by atoms with Crippen molar-refractivity contribution < 1.29 is 10.2 Å². The molecule has 2 aromatic rings. The lowest BCUT2D eigenvalue weighted by Crippen LogP contribution is -2.12. The van der Waals surface area contributed by atoms with Crippen LogP contribution < -0.4 is 0 Å². The first-order valence-electron chi connectivity index (χ1n) is 12.6. The number of phenolic OH excluding ortho intramolecular Hbond substituents is 2. The highest BCUT2D eigenvalue weighted by molar-refractivity contribution is 7.99. The smallest absolute Gasteiger partial charge is 0.147 e. The van der Waals surface area contributed by atoms with Crippen molar-refractivity contribution in [3.8, 4) is 11.5 Å². The van der Waals surface area contributed by atoms with Crippen molar-refractivity contribution in [2.24, 2.45) is 0 Å². The number of rotatable bonds is 3. The maximum absolute atomic E-state index is 10.3. The Morgan fingerprint density at radius 1 is 0.771 bits per heavy atom. The zero-order valence-electron chi connectivity index (χ0n) is 22.0. The van der Waals surface area contributed by atoms with E-state index in [1.54, 1.807) is 6.07 Å². The van der Waals surface area contributed by atoms with Crippen molar-refractivity contribution in [1.82, 2.24) is 0 Å². The fraction of sp³-hybridized carbons (Fsp3) is 0.586. The summed E-state index contributed by atoms with van der Waals surface area (Å²) >= 11 is 18.2. The van der Waals surface area contributed by atoms with Crippen LogP contribution in [0.5, 0.6) is 11.5 Å². The zero-order chi connectivity index (χ0) is 26.4. The number of hydrogen-bond acceptors (Lipinski definition) is 4. The second kappa shape index (κ2) is 13.2. The minimum absolute atomic E-state index is 0.0226. The Kier molecular flexibility index (Phi) is 11.5. The third-order valence-corrected chi connectivity index (χ3v) is 8.78. The van der Waals surface area contributed by atoms with E-state index in [4.69, 9.17) is 23.2 Å². The molecule has 0 aromatic heterocycles. The van der Waals surface area contributed by atoms with Crippen LogP contribution in [-0.4, -0.2) is 15.5 Å². The molecule has 1 saturated carbocycles. The van der Waals surface area contributed by atoms with Crippen molar-refractivity contribution in [1.29, 1.82) is 0 Å². The predicted octanol–water partition coefficient (Wildman–Crippen LogP) is 10.3. The first-order valence-corrected chi connectivity index (χ1v) is 14.8. The van der Waals surface area contributed by atoms with Crippen molar-refractivity contribution in [3.05, 3.63) is 51.0 Å². The lowest BCUT2D eigenvalue weighted by molar-refractivity contribution is 0.461. The summed E-state index contributed by atoms with van der Waals surface area (Å²) in [6.45, 7) is 12.8. The molecular formula is C29H42Cl2O2S2. The molecule has 0 radical (unpaired) electrons. The predicted molar refractivity (Wildman–Crippen MR) is 158 cm³/mol. The first kappa shape index (κ1) is 30.5. The van der Waals surface area contributed by atoms with Gasteiger partial charge in [-0.25, -0.2) is 0 Å². The molecule has 0 amide bonds. The molecule has 2 N–H and O–H groups in total. The molecule has 1 aliphatic rings. The highest BCUT2D eigenvalue weighted by atomic mass is 35.5. The Hall–Kier alpha value is -0.680. The van der Waals surface area contributed by atoms with Crippen LogP contribution in [0.1, 0.15) is 103 Å². The normalized spacial score (nSPS) is 15.7. The molecule has 2 aromatic carbocycles. The van der Waals surface area contributed by atoms with E-state index in [1.807, 2.05) is 23.9 Å². The van der Waals surface area contributed by atoms with Gasteiger partial charge in [-0.15, -0.1) is 12.6 Å². The number of thioether (sulfide) groups is 1.